The van der Waals surface area contributed by atoms with Gasteiger partial charge in [0, 0.05) is 55.8 Å². The first-order chi connectivity index (χ1) is 38.1. The molecule has 79 heavy (non-hydrogen) atoms. The van der Waals surface area contributed by atoms with Gasteiger partial charge in [-0.05, 0) is 180 Å². The molecule has 0 N–H and O–H groups in total. The summed E-state index contributed by atoms with van der Waals surface area (Å²) in [6.07, 6.45) is 1.75. The molecule has 4 heteroatoms. The van der Waals surface area contributed by atoms with E-state index in [1.54, 1.807) is 6.08 Å². The number of anilines is 6. The lowest BCUT2D eigenvalue weighted by Gasteiger charge is -2.30. The Kier molecular flexibility index (Phi) is 12.9. The third-order valence-electron chi connectivity index (χ3n) is 17.9. The predicted molar refractivity (Wildman–Crippen MR) is 346 cm³/mol. The third kappa shape index (κ3) is 8.18. The molecule has 0 aliphatic heterocycles. The van der Waals surface area contributed by atoms with Gasteiger partial charge in [0.25, 0.3) is 0 Å². The molecule has 0 heterocycles. The van der Waals surface area contributed by atoms with Crippen LogP contribution in [0, 0.1) is 0 Å². The van der Waals surface area contributed by atoms with E-state index in [2.05, 4.69) is 311 Å². The van der Waals surface area contributed by atoms with Crippen molar-refractivity contribution in [3.8, 4) is 55.6 Å². The van der Waals surface area contributed by atoms with Gasteiger partial charge in [-0.3, -0.25) is 0 Å². The predicted octanol–water partition coefficient (Wildman–Crippen LogP) is 21.4. The van der Waals surface area contributed by atoms with E-state index in [1.165, 1.54) is 100 Å². The SMILES string of the molecule is C=CC.CC1(C)c2ccccc2-c2ccc(N(c3ccc(-c4ccc(N(c5ccc6c(c5)C(C)(C)c5ccccc5-6)c5ccc6c(c5)C(C)(C)c5ccccc5-6)cc4)cc3)c3ccc4c(c3)C(C)(C)c3ccccc3-4)cc21.PS. The maximum Gasteiger partial charge on any atom is 0.0465 e. The molecule has 390 valence electrons. The molecule has 10 aromatic rings. The number of nitrogens with zero attached hydrogens (tertiary/aromatic N) is 2. The smallest absolute Gasteiger partial charge is 0.0465 e. The number of rotatable bonds is 7. The molecule has 4 aliphatic carbocycles. The fraction of sp³-hybridized carbons (Fsp3) is 0.173. The van der Waals surface area contributed by atoms with Crippen molar-refractivity contribution in [2.45, 2.75) is 84.0 Å². The molecule has 0 bridgehead atoms. The van der Waals surface area contributed by atoms with E-state index in [-0.39, 0.29) is 21.7 Å². The summed E-state index contributed by atoms with van der Waals surface area (Å²) in [6, 6.07) is 82.6. The first-order valence-electron chi connectivity index (χ1n) is 27.7. The van der Waals surface area contributed by atoms with Crippen LogP contribution in [0.15, 0.2) is 231 Å². The minimum absolute atomic E-state index is 0.118. The average molecular weight is 1060 g/mol. The Morgan fingerprint density at radius 1 is 0.291 bits per heavy atom. The first-order valence-corrected chi connectivity index (χ1v) is 29.8. The standard InChI is InChI=1S/C72H60N2.C3H6.H3PS/c1-69(2)61-21-13-9-17-53(61)57-37-33-49(41-65(57)69)73(50-34-38-58-54-18-10-14-22-62(54)70(3,4)66(58)42-50)47-29-25-45(26-30-47)46-27-31-48(32-28-46)74(51-35-39-59-55-19-11-15-23-63(55)71(5,6)67(59)43-51)52-36-40-60-56-20-12-16-24-64(56)72(7,8)68(60)44-52;1-3-2;1-2/h9-44H,1-8H3;3H,1H2,2H3;2H,1H2. The first kappa shape index (κ1) is 52.0. The van der Waals surface area contributed by atoms with Gasteiger partial charge >= 0.3 is 0 Å². The molecule has 4 aliphatic rings. The topological polar surface area (TPSA) is 6.48 Å². The lowest BCUT2D eigenvalue weighted by Crippen LogP contribution is -2.18. The van der Waals surface area contributed by atoms with Crippen LogP contribution in [0.25, 0.3) is 55.6 Å². The van der Waals surface area contributed by atoms with Crippen molar-refractivity contribution in [1.82, 2.24) is 0 Å². The summed E-state index contributed by atoms with van der Waals surface area (Å²) in [5, 5.41) is 0. The molecule has 0 aromatic heterocycles. The number of benzene rings is 10. The van der Waals surface area contributed by atoms with E-state index in [0.29, 0.717) is 0 Å². The van der Waals surface area contributed by atoms with Crippen molar-refractivity contribution in [2.75, 3.05) is 9.80 Å². The van der Waals surface area contributed by atoms with Crippen molar-refractivity contribution >= 4 is 54.8 Å². The van der Waals surface area contributed by atoms with Gasteiger partial charge < -0.3 is 9.80 Å². The van der Waals surface area contributed by atoms with Gasteiger partial charge in [0.05, 0.1) is 0 Å². The zero-order valence-electron chi connectivity index (χ0n) is 47.0. The molecule has 0 radical (unpaired) electrons. The second kappa shape index (κ2) is 19.6. The highest BCUT2D eigenvalue weighted by Gasteiger charge is 2.40. The highest BCUT2D eigenvalue weighted by atomic mass is 32.7. The van der Waals surface area contributed by atoms with Crippen LogP contribution in [0.4, 0.5) is 34.1 Å². The molecule has 1 unspecified atom stereocenters. The largest absolute Gasteiger partial charge is 0.310 e. The summed E-state index contributed by atoms with van der Waals surface area (Å²) in [4.78, 5) is 4.94. The van der Waals surface area contributed by atoms with Crippen LogP contribution >= 0.6 is 20.7 Å². The van der Waals surface area contributed by atoms with Crippen LogP contribution in [0.1, 0.15) is 107 Å². The molecule has 0 saturated heterocycles. The van der Waals surface area contributed by atoms with E-state index < -0.39 is 0 Å². The molecule has 0 saturated carbocycles. The second-order valence-electron chi connectivity index (χ2n) is 23.8. The van der Waals surface area contributed by atoms with Crippen LogP contribution < -0.4 is 9.80 Å². The normalized spacial score (nSPS) is 15.0. The van der Waals surface area contributed by atoms with Gasteiger partial charge in [-0.1, -0.05) is 216 Å². The van der Waals surface area contributed by atoms with Gasteiger partial charge in [-0.15, -0.1) is 6.58 Å². The Morgan fingerprint density at radius 2 is 0.481 bits per heavy atom. The van der Waals surface area contributed by atoms with Crippen LogP contribution in [0.5, 0.6) is 0 Å². The van der Waals surface area contributed by atoms with Crippen LogP contribution in [0.2, 0.25) is 0 Å². The van der Waals surface area contributed by atoms with Crippen molar-refractivity contribution in [3.05, 3.63) is 276 Å². The molecule has 0 amide bonds. The fourth-order valence-corrected chi connectivity index (χ4v) is 13.8. The van der Waals surface area contributed by atoms with Gasteiger partial charge in [-0.2, -0.15) is 12.2 Å². The Bertz CT molecular complexity index is 3550. The van der Waals surface area contributed by atoms with E-state index in [0.717, 1.165) is 34.1 Å². The Morgan fingerprint density at radius 3 is 0.709 bits per heavy atom. The Balaban J connectivity index is 0.00000121. The summed E-state index contributed by atoms with van der Waals surface area (Å²) in [7, 11) is 2.11. The third-order valence-corrected chi connectivity index (χ3v) is 17.9. The fourth-order valence-electron chi connectivity index (χ4n) is 13.8. The lowest BCUT2D eigenvalue weighted by molar-refractivity contribution is 0.659. The number of hydrogen-bond donors (Lipinski definition) is 1. The van der Waals surface area contributed by atoms with Gasteiger partial charge in [0.15, 0.2) is 0 Å². The van der Waals surface area contributed by atoms with Crippen molar-refractivity contribution in [2.24, 2.45) is 0 Å². The molecule has 10 aromatic carbocycles. The highest BCUT2D eigenvalue weighted by Crippen LogP contribution is 2.56. The molecule has 0 spiro atoms. The Labute approximate surface area is 476 Å². The summed E-state index contributed by atoms with van der Waals surface area (Å²) < 4.78 is 0. The number of allylic oxidation sites excluding steroid dienone is 1. The molecular formula is C75H69N2PS. The maximum atomic E-state index is 3.44. The summed E-state index contributed by atoms with van der Waals surface area (Å²) in [5.41, 5.74) is 30.4. The minimum atomic E-state index is -0.118. The minimum Gasteiger partial charge on any atom is -0.310 e. The van der Waals surface area contributed by atoms with Gasteiger partial charge in [0.1, 0.15) is 0 Å². The number of fused-ring (bicyclic) bond motifs is 12. The van der Waals surface area contributed by atoms with Crippen molar-refractivity contribution < 1.29 is 0 Å². The highest BCUT2D eigenvalue weighted by molar-refractivity contribution is 8.31. The van der Waals surface area contributed by atoms with Gasteiger partial charge in [0.2, 0.25) is 0 Å². The lowest BCUT2D eigenvalue weighted by atomic mass is 9.82. The van der Waals surface area contributed by atoms with Crippen molar-refractivity contribution in [1.29, 1.82) is 0 Å². The van der Waals surface area contributed by atoms with Gasteiger partial charge in [-0.25, -0.2) is 0 Å². The quantitative estimate of drug-likeness (QED) is 0.0965. The van der Waals surface area contributed by atoms with Crippen LogP contribution in [-0.2, 0) is 21.7 Å². The molecular weight excluding hydrogens is 992 g/mol. The molecule has 14 rings (SSSR count). The van der Waals surface area contributed by atoms with Crippen LogP contribution in [0.3, 0.4) is 0 Å². The Hall–Kier alpha value is -7.68. The molecule has 0 fully saturated rings. The number of hydrogen-bond acceptors (Lipinski definition) is 3. The van der Waals surface area contributed by atoms with Crippen molar-refractivity contribution in [3.63, 3.8) is 0 Å². The zero-order valence-corrected chi connectivity index (χ0v) is 49.0. The zero-order chi connectivity index (χ0) is 55.2. The van der Waals surface area contributed by atoms with E-state index in [9.17, 15) is 0 Å². The maximum absolute atomic E-state index is 3.44. The van der Waals surface area contributed by atoms with E-state index >= 15 is 0 Å². The number of thiol groups is 1. The van der Waals surface area contributed by atoms with E-state index in [4.69, 9.17) is 0 Å². The second-order valence-corrected chi connectivity index (χ2v) is 23.8. The summed E-state index contributed by atoms with van der Waals surface area (Å²) in [6.45, 7) is 24.2. The van der Waals surface area contributed by atoms with Crippen LogP contribution in [-0.4, -0.2) is 0 Å². The molecule has 1 atom stereocenters. The average Bonchev–Trinajstić information content (AvgIpc) is 4.28. The summed E-state index contributed by atoms with van der Waals surface area (Å²) >= 11 is 3.44. The van der Waals surface area contributed by atoms with E-state index in [1.807, 2.05) is 6.92 Å². The summed E-state index contributed by atoms with van der Waals surface area (Å²) in [5.74, 6) is 0. The molecule has 2 nitrogen and oxygen atoms in total. The monoisotopic (exact) mass is 1060 g/mol.